The smallest absolute Gasteiger partial charge is 0.386 e. The van der Waals surface area contributed by atoms with Gasteiger partial charge in [-0.15, -0.1) is 0 Å². The van der Waals surface area contributed by atoms with Gasteiger partial charge in [-0.05, 0) is 50.6 Å². The third-order valence-corrected chi connectivity index (χ3v) is 7.00. The molecule has 5 N–H and O–H groups in total. The summed E-state index contributed by atoms with van der Waals surface area (Å²) in [7, 11) is 0. The van der Waals surface area contributed by atoms with E-state index in [0.717, 1.165) is 24.9 Å². The number of aromatic nitrogens is 4. The highest BCUT2D eigenvalue weighted by Gasteiger charge is 2.46. The summed E-state index contributed by atoms with van der Waals surface area (Å²) in [4.78, 5) is 38.9. The molecule has 5 rings (SSSR count). The first-order valence-electron chi connectivity index (χ1n) is 12.5. The normalized spacial score (nSPS) is 18.4. The number of halogens is 3. The predicted octanol–water partition coefficient (Wildman–Crippen LogP) is 3.22. The minimum absolute atomic E-state index is 0.176. The number of ketones is 1. The van der Waals surface area contributed by atoms with Crippen LogP contribution in [0.3, 0.4) is 0 Å². The van der Waals surface area contributed by atoms with Crippen LogP contribution in [0, 0.1) is 0 Å². The standard InChI is InChI=1S/C27H26F3N7O3/c1-15(38)22(39)26(8-2-9-32-14-26)25-36-20(21-23(31)34-11-12-37(21)25)16-3-5-17(6-4-16)24(40)35-19-13-18(7-10-33-19)27(28,29)30/h3-7,10-13,15,32,38H,2,8-9,14H2,1H3,(H2,31,34)(H,33,35,40)/t15-,26+/m1/s1. The van der Waals surface area contributed by atoms with Gasteiger partial charge in [0.05, 0.1) is 5.56 Å². The maximum absolute atomic E-state index is 13.3. The summed E-state index contributed by atoms with van der Waals surface area (Å²) >= 11 is 0. The van der Waals surface area contributed by atoms with Gasteiger partial charge in [0.1, 0.15) is 40.2 Å². The van der Waals surface area contributed by atoms with E-state index < -0.39 is 29.2 Å². The lowest BCUT2D eigenvalue weighted by Crippen LogP contribution is -2.53. The second kappa shape index (κ2) is 10.3. The number of aliphatic hydroxyl groups is 1. The molecule has 40 heavy (non-hydrogen) atoms. The minimum Gasteiger partial charge on any atom is -0.386 e. The number of fused-ring (bicyclic) bond motifs is 1. The Morgan fingerprint density at radius 3 is 2.58 bits per heavy atom. The summed E-state index contributed by atoms with van der Waals surface area (Å²) in [6.07, 6.45) is -0.464. The Morgan fingerprint density at radius 2 is 1.93 bits per heavy atom. The third-order valence-electron chi connectivity index (χ3n) is 7.00. The number of benzene rings is 1. The van der Waals surface area contributed by atoms with E-state index in [1.165, 1.54) is 25.3 Å². The molecular formula is C27H26F3N7O3. The number of rotatable bonds is 6. The average Bonchev–Trinajstić information content (AvgIpc) is 3.34. The molecule has 0 radical (unpaired) electrons. The van der Waals surface area contributed by atoms with Crippen molar-refractivity contribution in [3.63, 3.8) is 0 Å². The number of nitrogens with zero attached hydrogens (tertiary/aromatic N) is 4. The summed E-state index contributed by atoms with van der Waals surface area (Å²) < 4.78 is 40.7. The highest BCUT2D eigenvalue weighted by atomic mass is 19.4. The van der Waals surface area contributed by atoms with Crippen LogP contribution in [0.4, 0.5) is 24.8 Å². The molecule has 4 heterocycles. The van der Waals surface area contributed by atoms with Crippen molar-refractivity contribution < 1.29 is 27.9 Å². The third kappa shape index (κ3) is 4.89. The first-order valence-corrected chi connectivity index (χ1v) is 12.5. The number of nitrogens with one attached hydrogen (secondary N) is 2. The summed E-state index contributed by atoms with van der Waals surface area (Å²) in [5.74, 6) is -0.644. The molecule has 4 aromatic rings. The van der Waals surface area contributed by atoms with Gasteiger partial charge in [-0.25, -0.2) is 15.0 Å². The van der Waals surface area contributed by atoms with Crippen molar-refractivity contribution in [1.82, 2.24) is 24.7 Å². The number of carbonyl (C=O) groups excluding carboxylic acids is 2. The Bertz CT molecular complexity index is 1580. The van der Waals surface area contributed by atoms with Crippen LogP contribution < -0.4 is 16.4 Å². The van der Waals surface area contributed by atoms with Gasteiger partial charge in [0.15, 0.2) is 5.78 Å². The molecular weight excluding hydrogens is 527 g/mol. The Hall–Kier alpha value is -4.36. The van der Waals surface area contributed by atoms with E-state index in [1.54, 1.807) is 22.7 Å². The maximum atomic E-state index is 13.3. The average molecular weight is 554 g/mol. The van der Waals surface area contributed by atoms with Gasteiger partial charge in [-0.2, -0.15) is 13.2 Å². The second-order valence-electron chi connectivity index (χ2n) is 9.68. The van der Waals surface area contributed by atoms with E-state index in [-0.39, 0.29) is 23.0 Å². The van der Waals surface area contributed by atoms with Crippen molar-refractivity contribution in [1.29, 1.82) is 0 Å². The van der Waals surface area contributed by atoms with Crippen LogP contribution in [0.15, 0.2) is 55.0 Å². The first kappa shape index (κ1) is 27.2. The van der Waals surface area contributed by atoms with E-state index in [2.05, 4.69) is 20.6 Å². The van der Waals surface area contributed by atoms with Crippen LogP contribution >= 0.6 is 0 Å². The van der Waals surface area contributed by atoms with Crippen molar-refractivity contribution in [3.05, 3.63) is 71.9 Å². The molecule has 0 spiro atoms. The van der Waals surface area contributed by atoms with Crippen molar-refractivity contribution in [2.75, 3.05) is 24.1 Å². The molecule has 208 valence electrons. The highest BCUT2D eigenvalue weighted by Crippen LogP contribution is 2.38. The zero-order valence-corrected chi connectivity index (χ0v) is 21.4. The number of imidazole rings is 1. The molecule has 0 saturated carbocycles. The van der Waals surface area contributed by atoms with Crippen LogP contribution in [-0.4, -0.2) is 55.3 Å². The molecule has 3 aromatic heterocycles. The number of nitrogen functional groups attached to an aromatic ring is 1. The monoisotopic (exact) mass is 553 g/mol. The molecule has 2 atom stereocenters. The largest absolute Gasteiger partial charge is 0.416 e. The number of aliphatic hydroxyl groups excluding tert-OH is 1. The van der Waals surface area contributed by atoms with E-state index in [4.69, 9.17) is 10.7 Å². The number of pyridine rings is 1. The number of carbonyl (C=O) groups is 2. The number of hydrogen-bond donors (Lipinski definition) is 4. The van der Waals surface area contributed by atoms with E-state index in [0.29, 0.717) is 42.0 Å². The number of anilines is 2. The van der Waals surface area contributed by atoms with Crippen molar-refractivity contribution >= 4 is 28.8 Å². The summed E-state index contributed by atoms with van der Waals surface area (Å²) in [5.41, 5.74) is 5.86. The Balaban J connectivity index is 1.51. The van der Waals surface area contributed by atoms with Crippen LogP contribution in [0.2, 0.25) is 0 Å². The molecule has 1 aliphatic heterocycles. The van der Waals surface area contributed by atoms with Gasteiger partial charge in [0.25, 0.3) is 5.91 Å². The van der Waals surface area contributed by atoms with Crippen LogP contribution in [0.5, 0.6) is 0 Å². The molecule has 13 heteroatoms. The number of nitrogens with two attached hydrogens (primary N) is 1. The van der Waals surface area contributed by atoms with E-state index in [1.807, 2.05) is 0 Å². The molecule has 1 amide bonds. The maximum Gasteiger partial charge on any atom is 0.416 e. The molecule has 0 unspecified atom stereocenters. The second-order valence-corrected chi connectivity index (χ2v) is 9.68. The molecule has 10 nitrogen and oxygen atoms in total. The minimum atomic E-state index is -4.57. The topological polar surface area (TPSA) is 148 Å². The fraction of sp³-hybridized carbons (Fsp3) is 0.296. The molecule has 0 bridgehead atoms. The SMILES string of the molecule is C[C@@H](O)C(=O)[C@]1(c2nc(-c3ccc(C(=O)Nc4cc(C(F)(F)F)ccn4)cc3)c3c(N)nccn23)CCCNC1. The van der Waals surface area contributed by atoms with Gasteiger partial charge >= 0.3 is 6.18 Å². The predicted molar refractivity (Wildman–Crippen MR) is 140 cm³/mol. The summed E-state index contributed by atoms with van der Waals surface area (Å²) in [6, 6.07) is 7.80. The van der Waals surface area contributed by atoms with Crippen LogP contribution in [0.25, 0.3) is 16.8 Å². The highest BCUT2D eigenvalue weighted by molar-refractivity contribution is 6.04. The van der Waals surface area contributed by atoms with Gasteiger partial charge in [0, 0.05) is 36.3 Å². The van der Waals surface area contributed by atoms with Gasteiger partial charge in [0.2, 0.25) is 0 Å². The Morgan fingerprint density at radius 1 is 1.18 bits per heavy atom. The lowest BCUT2D eigenvalue weighted by atomic mass is 9.74. The lowest BCUT2D eigenvalue weighted by molar-refractivity contribution is -0.137. The first-order chi connectivity index (χ1) is 19.0. The van der Waals surface area contributed by atoms with E-state index in [9.17, 15) is 27.9 Å². The number of alkyl halides is 3. The van der Waals surface area contributed by atoms with Gasteiger partial charge < -0.3 is 21.5 Å². The number of hydrogen-bond acceptors (Lipinski definition) is 8. The van der Waals surface area contributed by atoms with Crippen molar-refractivity contribution in [2.45, 2.75) is 37.5 Å². The number of amides is 1. The Kier molecular flexibility index (Phi) is 7.02. The van der Waals surface area contributed by atoms with Crippen LogP contribution in [0.1, 0.15) is 41.5 Å². The molecule has 0 aliphatic carbocycles. The number of Topliss-reactive ketones (excluding diaryl/α,β-unsaturated/α-hetero) is 1. The van der Waals surface area contributed by atoms with Crippen molar-refractivity contribution in [3.8, 4) is 11.3 Å². The Labute approximate surface area is 226 Å². The zero-order chi connectivity index (χ0) is 28.7. The molecule has 1 aromatic carbocycles. The van der Waals surface area contributed by atoms with E-state index >= 15 is 0 Å². The van der Waals surface area contributed by atoms with Gasteiger partial charge in [-0.3, -0.25) is 14.0 Å². The quantitative estimate of drug-likeness (QED) is 0.285. The molecule has 1 saturated heterocycles. The van der Waals surface area contributed by atoms with Gasteiger partial charge in [-0.1, -0.05) is 12.1 Å². The lowest BCUT2D eigenvalue weighted by Gasteiger charge is -2.36. The zero-order valence-electron chi connectivity index (χ0n) is 21.4. The van der Waals surface area contributed by atoms with Crippen LogP contribution in [-0.2, 0) is 16.4 Å². The number of piperidine rings is 1. The van der Waals surface area contributed by atoms with Crippen molar-refractivity contribution in [2.24, 2.45) is 0 Å². The molecule has 1 fully saturated rings. The molecule has 1 aliphatic rings. The fourth-order valence-corrected chi connectivity index (χ4v) is 5.06. The summed E-state index contributed by atoms with van der Waals surface area (Å²) in [6.45, 7) is 2.46. The fourth-order valence-electron chi connectivity index (χ4n) is 5.06. The summed E-state index contributed by atoms with van der Waals surface area (Å²) in [5, 5.41) is 15.9.